The summed E-state index contributed by atoms with van der Waals surface area (Å²) in [5, 5.41) is 12.8. The standard InChI is InChI=1S/C18H24N2O/c1-14(11-15-7-9-18(21)10-8-15)19-17-6-4-5-16(12-17)13-20(2)3/h4-10,12,14,19,21H,11,13H2,1-3H3. The Morgan fingerprint density at radius 1 is 1.05 bits per heavy atom. The third-order valence-corrected chi connectivity index (χ3v) is 3.32. The zero-order valence-electron chi connectivity index (χ0n) is 13.0. The second kappa shape index (κ2) is 7.14. The number of benzene rings is 2. The van der Waals surface area contributed by atoms with Gasteiger partial charge in [0.15, 0.2) is 0 Å². The van der Waals surface area contributed by atoms with Crippen LogP contribution < -0.4 is 5.32 Å². The SMILES string of the molecule is CC(Cc1ccc(O)cc1)Nc1cccc(CN(C)C)c1. The molecule has 2 rings (SSSR count). The molecule has 0 aliphatic rings. The van der Waals surface area contributed by atoms with Crippen LogP contribution in [0.25, 0.3) is 0 Å². The molecule has 1 atom stereocenters. The van der Waals surface area contributed by atoms with E-state index in [0.717, 1.165) is 18.7 Å². The lowest BCUT2D eigenvalue weighted by molar-refractivity contribution is 0.402. The number of anilines is 1. The summed E-state index contributed by atoms with van der Waals surface area (Å²) < 4.78 is 0. The van der Waals surface area contributed by atoms with E-state index in [4.69, 9.17) is 0 Å². The Morgan fingerprint density at radius 3 is 2.43 bits per heavy atom. The average Bonchev–Trinajstić information content (AvgIpc) is 2.41. The van der Waals surface area contributed by atoms with E-state index in [-0.39, 0.29) is 0 Å². The molecular weight excluding hydrogens is 260 g/mol. The molecule has 3 heteroatoms. The van der Waals surface area contributed by atoms with Gasteiger partial charge in [-0.25, -0.2) is 0 Å². The molecule has 0 aliphatic carbocycles. The summed E-state index contributed by atoms with van der Waals surface area (Å²) in [5.41, 5.74) is 3.68. The first-order valence-corrected chi connectivity index (χ1v) is 7.31. The molecule has 21 heavy (non-hydrogen) atoms. The van der Waals surface area contributed by atoms with Gasteiger partial charge in [0, 0.05) is 18.3 Å². The lowest BCUT2D eigenvalue weighted by Gasteiger charge is -2.17. The normalized spacial score (nSPS) is 12.4. The van der Waals surface area contributed by atoms with Crippen molar-refractivity contribution in [2.75, 3.05) is 19.4 Å². The summed E-state index contributed by atoms with van der Waals surface area (Å²) in [6.07, 6.45) is 0.929. The summed E-state index contributed by atoms with van der Waals surface area (Å²) in [7, 11) is 4.15. The number of hydrogen-bond donors (Lipinski definition) is 2. The summed E-state index contributed by atoms with van der Waals surface area (Å²) >= 11 is 0. The molecule has 0 radical (unpaired) electrons. The highest BCUT2D eigenvalue weighted by atomic mass is 16.3. The Kier molecular flexibility index (Phi) is 5.23. The van der Waals surface area contributed by atoms with Crippen LogP contribution in [0, 0.1) is 0 Å². The zero-order chi connectivity index (χ0) is 15.2. The van der Waals surface area contributed by atoms with E-state index in [0.29, 0.717) is 11.8 Å². The summed E-state index contributed by atoms with van der Waals surface area (Å²) in [6.45, 7) is 3.12. The van der Waals surface area contributed by atoms with Crippen LogP contribution in [-0.4, -0.2) is 30.1 Å². The van der Waals surface area contributed by atoms with Crippen molar-refractivity contribution in [3.8, 4) is 5.75 Å². The van der Waals surface area contributed by atoms with Gasteiger partial charge in [0.2, 0.25) is 0 Å². The summed E-state index contributed by atoms with van der Waals surface area (Å²) in [5.74, 6) is 0.316. The number of nitrogens with one attached hydrogen (secondary N) is 1. The van der Waals surface area contributed by atoms with E-state index in [2.05, 4.69) is 55.5 Å². The van der Waals surface area contributed by atoms with Gasteiger partial charge in [-0.05, 0) is 62.8 Å². The van der Waals surface area contributed by atoms with Crippen LogP contribution >= 0.6 is 0 Å². The summed E-state index contributed by atoms with van der Waals surface area (Å²) in [6, 6.07) is 16.3. The molecule has 2 N–H and O–H groups in total. The monoisotopic (exact) mass is 284 g/mol. The van der Waals surface area contributed by atoms with Crippen molar-refractivity contribution in [1.29, 1.82) is 0 Å². The number of rotatable bonds is 6. The van der Waals surface area contributed by atoms with Gasteiger partial charge in [0.1, 0.15) is 5.75 Å². The molecule has 0 saturated heterocycles. The first-order chi connectivity index (χ1) is 10.0. The largest absolute Gasteiger partial charge is 0.508 e. The molecule has 0 aliphatic heterocycles. The predicted octanol–water partition coefficient (Wildman–Crippen LogP) is 3.50. The van der Waals surface area contributed by atoms with E-state index >= 15 is 0 Å². The van der Waals surface area contributed by atoms with E-state index < -0.39 is 0 Å². The fraction of sp³-hybridized carbons (Fsp3) is 0.333. The molecule has 2 aromatic rings. The Balaban J connectivity index is 1.95. The van der Waals surface area contributed by atoms with Crippen molar-refractivity contribution in [3.63, 3.8) is 0 Å². The number of nitrogens with zero attached hydrogens (tertiary/aromatic N) is 1. The maximum atomic E-state index is 9.31. The van der Waals surface area contributed by atoms with Gasteiger partial charge in [0.25, 0.3) is 0 Å². The van der Waals surface area contributed by atoms with Crippen LogP contribution in [0.5, 0.6) is 5.75 Å². The van der Waals surface area contributed by atoms with Gasteiger partial charge in [-0.1, -0.05) is 24.3 Å². The molecule has 0 heterocycles. The Labute approximate surface area is 127 Å². The molecule has 0 amide bonds. The van der Waals surface area contributed by atoms with E-state index in [9.17, 15) is 5.11 Å². The van der Waals surface area contributed by atoms with Gasteiger partial charge in [-0.15, -0.1) is 0 Å². The lowest BCUT2D eigenvalue weighted by Crippen LogP contribution is -2.18. The third-order valence-electron chi connectivity index (χ3n) is 3.32. The Morgan fingerprint density at radius 2 is 1.76 bits per heavy atom. The van der Waals surface area contributed by atoms with Crippen molar-refractivity contribution >= 4 is 5.69 Å². The Hall–Kier alpha value is -2.00. The van der Waals surface area contributed by atoms with E-state index in [1.807, 2.05) is 12.1 Å². The number of phenolic OH excluding ortho intramolecular Hbond substituents is 1. The minimum absolute atomic E-state index is 0.316. The van der Waals surface area contributed by atoms with Gasteiger partial charge < -0.3 is 15.3 Å². The van der Waals surface area contributed by atoms with Crippen LogP contribution in [0.2, 0.25) is 0 Å². The minimum Gasteiger partial charge on any atom is -0.508 e. The quantitative estimate of drug-likeness (QED) is 0.852. The second-order valence-corrected chi connectivity index (χ2v) is 5.85. The van der Waals surface area contributed by atoms with Crippen molar-refractivity contribution < 1.29 is 5.11 Å². The van der Waals surface area contributed by atoms with Crippen LogP contribution in [0.3, 0.4) is 0 Å². The van der Waals surface area contributed by atoms with Crippen molar-refractivity contribution in [3.05, 3.63) is 59.7 Å². The van der Waals surface area contributed by atoms with E-state index in [1.165, 1.54) is 11.1 Å². The second-order valence-electron chi connectivity index (χ2n) is 5.85. The molecule has 0 bridgehead atoms. The minimum atomic E-state index is 0.316. The maximum absolute atomic E-state index is 9.31. The van der Waals surface area contributed by atoms with Gasteiger partial charge >= 0.3 is 0 Å². The molecule has 0 saturated carbocycles. The van der Waals surface area contributed by atoms with Gasteiger partial charge in [-0.2, -0.15) is 0 Å². The average molecular weight is 284 g/mol. The molecular formula is C18H24N2O. The van der Waals surface area contributed by atoms with Crippen molar-refractivity contribution in [2.45, 2.75) is 25.9 Å². The maximum Gasteiger partial charge on any atom is 0.115 e. The zero-order valence-corrected chi connectivity index (χ0v) is 13.0. The number of aromatic hydroxyl groups is 1. The highest BCUT2D eigenvalue weighted by Gasteiger charge is 2.05. The van der Waals surface area contributed by atoms with Crippen molar-refractivity contribution in [2.24, 2.45) is 0 Å². The van der Waals surface area contributed by atoms with Gasteiger partial charge in [0.05, 0.1) is 0 Å². The van der Waals surface area contributed by atoms with Crippen LogP contribution in [-0.2, 0) is 13.0 Å². The molecule has 112 valence electrons. The molecule has 0 aromatic heterocycles. The lowest BCUT2D eigenvalue weighted by atomic mass is 10.1. The highest BCUT2D eigenvalue weighted by Crippen LogP contribution is 2.16. The Bertz CT molecular complexity index is 564. The predicted molar refractivity (Wildman–Crippen MR) is 88.7 cm³/mol. The van der Waals surface area contributed by atoms with Crippen LogP contribution in [0.1, 0.15) is 18.1 Å². The molecule has 3 nitrogen and oxygen atoms in total. The number of hydrogen-bond acceptors (Lipinski definition) is 3. The van der Waals surface area contributed by atoms with Crippen LogP contribution in [0.15, 0.2) is 48.5 Å². The molecule has 0 fully saturated rings. The fourth-order valence-electron chi connectivity index (χ4n) is 2.45. The third kappa shape index (κ3) is 5.12. The van der Waals surface area contributed by atoms with Crippen LogP contribution in [0.4, 0.5) is 5.69 Å². The highest BCUT2D eigenvalue weighted by molar-refractivity contribution is 5.46. The molecule has 0 spiro atoms. The smallest absolute Gasteiger partial charge is 0.115 e. The fourth-order valence-corrected chi connectivity index (χ4v) is 2.45. The first kappa shape index (κ1) is 15.4. The van der Waals surface area contributed by atoms with Crippen molar-refractivity contribution in [1.82, 2.24) is 4.90 Å². The van der Waals surface area contributed by atoms with E-state index in [1.54, 1.807) is 12.1 Å². The molecule has 2 aromatic carbocycles. The topological polar surface area (TPSA) is 35.5 Å². The summed E-state index contributed by atoms with van der Waals surface area (Å²) in [4.78, 5) is 2.17. The number of phenols is 1. The molecule has 1 unspecified atom stereocenters. The van der Waals surface area contributed by atoms with Gasteiger partial charge in [-0.3, -0.25) is 0 Å². The first-order valence-electron chi connectivity index (χ1n) is 7.31.